The molecule has 0 aliphatic heterocycles. The Morgan fingerprint density at radius 1 is 0.676 bits per heavy atom. The van der Waals surface area contributed by atoms with Crippen molar-refractivity contribution in [2.45, 2.75) is 82.5 Å². The minimum atomic E-state index is -8.50. The first-order valence-electron chi connectivity index (χ1n) is 9.42. The van der Waals surface area contributed by atoms with Gasteiger partial charge in [0.2, 0.25) is 0 Å². The molecule has 0 aliphatic carbocycles. The lowest BCUT2D eigenvalue weighted by Crippen LogP contribution is -2.74. The molecule has 0 saturated carbocycles. The number of rotatable bonds is 10. The van der Waals surface area contributed by atoms with Gasteiger partial charge in [-0.15, -0.1) is 5.73 Å². The van der Waals surface area contributed by atoms with Crippen LogP contribution in [0.2, 0.25) is 0 Å². The van der Waals surface area contributed by atoms with E-state index in [1.165, 1.54) is 34.6 Å². The molecule has 0 atom stereocenters. The van der Waals surface area contributed by atoms with Gasteiger partial charge in [0.1, 0.15) is 0 Å². The first-order chi connectivity index (χ1) is 15.9. The highest BCUT2D eigenvalue weighted by Gasteiger charge is 2.93. The van der Waals surface area contributed by atoms with Gasteiger partial charge in [0, 0.05) is 5.41 Å². The molecule has 0 radical (unpaired) electrons. The van der Waals surface area contributed by atoms with Crippen molar-refractivity contribution in [3.05, 3.63) is 16.9 Å². The molecule has 2 nitrogen and oxygen atoms in total. The molecule has 218 valence electrons. The SMILES string of the molecule is CC(C)=C=C(C(=O)OCC(F)(F)C(F)(F)C(F)(F)C(F)(F)C(F)(F)C(F)(F)C(F)(F)C(F)F)C(C)(C)C. The molecule has 0 spiro atoms. The first-order valence-corrected chi connectivity index (χ1v) is 9.42. The van der Waals surface area contributed by atoms with Crippen LogP contribution in [0.5, 0.6) is 0 Å². The zero-order valence-corrected chi connectivity index (χ0v) is 19.1. The summed E-state index contributed by atoms with van der Waals surface area (Å²) in [5.41, 5.74) is 0.396. The predicted octanol–water partition coefficient (Wildman–Crippen LogP) is 7.78. The topological polar surface area (TPSA) is 26.3 Å². The molecule has 0 unspecified atom stereocenters. The maximum atomic E-state index is 13.9. The Morgan fingerprint density at radius 3 is 1.35 bits per heavy atom. The Morgan fingerprint density at radius 2 is 1.03 bits per heavy atom. The lowest BCUT2D eigenvalue weighted by Gasteiger charge is -2.42. The summed E-state index contributed by atoms with van der Waals surface area (Å²) in [4.78, 5) is 12.0. The molecular formula is C19H18F16O2. The second kappa shape index (κ2) is 9.88. The van der Waals surface area contributed by atoms with Crippen LogP contribution in [0.25, 0.3) is 0 Å². The lowest BCUT2D eigenvalue weighted by atomic mass is 9.86. The monoisotopic (exact) mass is 582 g/mol. The number of carbonyl (C=O) groups excluding carboxylic acids is 1. The summed E-state index contributed by atoms with van der Waals surface area (Å²) in [7, 11) is 0. The molecule has 0 aromatic heterocycles. The standard InChI is InChI=1S/C19H18F16O2/c1-8(2)6-9(12(3,4)5)10(36)37-7-13(22,23)15(26,27)17(30,31)19(34,35)18(32,33)16(28,29)14(24,25)11(20)21/h11H,7H2,1-5H3. The third kappa shape index (κ3) is 5.67. The Kier molecular flexibility index (Phi) is 9.31. The summed E-state index contributed by atoms with van der Waals surface area (Å²) < 4.78 is 217. The van der Waals surface area contributed by atoms with Gasteiger partial charge >= 0.3 is 53.9 Å². The second-order valence-corrected chi connectivity index (χ2v) is 8.83. The fourth-order valence-corrected chi connectivity index (χ4v) is 2.28. The van der Waals surface area contributed by atoms with Gasteiger partial charge in [-0.3, -0.25) is 0 Å². The highest BCUT2D eigenvalue weighted by molar-refractivity contribution is 5.89. The number of hydrogen-bond acceptors (Lipinski definition) is 2. The van der Waals surface area contributed by atoms with E-state index in [1.807, 2.05) is 0 Å². The summed E-state index contributed by atoms with van der Waals surface area (Å²) in [6.45, 7) is 3.01. The van der Waals surface area contributed by atoms with Crippen LogP contribution >= 0.6 is 0 Å². The van der Waals surface area contributed by atoms with E-state index >= 15 is 0 Å². The molecule has 0 aliphatic rings. The normalized spacial score (nSPS) is 15.0. The van der Waals surface area contributed by atoms with Crippen LogP contribution in [0.3, 0.4) is 0 Å². The summed E-state index contributed by atoms with van der Waals surface area (Å²) in [5.74, 6) is -57.4. The fourth-order valence-electron chi connectivity index (χ4n) is 2.28. The maximum absolute atomic E-state index is 13.9. The Bertz CT molecular complexity index is 917. The molecule has 0 rings (SSSR count). The van der Waals surface area contributed by atoms with Crippen molar-refractivity contribution in [3.8, 4) is 0 Å². The average Bonchev–Trinajstić information content (AvgIpc) is 2.68. The Hall–Kier alpha value is -2.13. The van der Waals surface area contributed by atoms with Gasteiger partial charge in [0.05, 0.1) is 5.57 Å². The second-order valence-electron chi connectivity index (χ2n) is 8.83. The third-order valence-electron chi connectivity index (χ3n) is 4.44. The molecule has 0 bridgehead atoms. The van der Waals surface area contributed by atoms with Crippen LogP contribution < -0.4 is 0 Å². The number of ether oxygens (including phenoxy) is 1. The highest BCUT2D eigenvalue weighted by Crippen LogP contribution is 2.62. The first kappa shape index (κ1) is 34.9. The van der Waals surface area contributed by atoms with E-state index in [1.54, 1.807) is 0 Å². The van der Waals surface area contributed by atoms with E-state index in [-0.39, 0.29) is 5.57 Å². The van der Waals surface area contributed by atoms with E-state index in [4.69, 9.17) is 0 Å². The minimum absolute atomic E-state index is 0.161. The van der Waals surface area contributed by atoms with Crippen molar-refractivity contribution in [2.75, 3.05) is 6.61 Å². The Balaban J connectivity index is 6.52. The molecule has 0 heterocycles. The zero-order valence-electron chi connectivity index (χ0n) is 19.1. The summed E-state index contributed by atoms with van der Waals surface area (Å²) in [6, 6.07) is 0. The van der Waals surface area contributed by atoms with E-state index in [0.717, 1.165) is 0 Å². The van der Waals surface area contributed by atoms with Gasteiger partial charge in [0.15, 0.2) is 6.61 Å². The average molecular weight is 582 g/mol. The molecular weight excluding hydrogens is 564 g/mol. The number of carbonyl (C=O) groups is 1. The summed E-state index contributed by atoms with van der Waals surface area (Å²) in [5, 5.41) is 0. The van der Waals surface area contributed by atoms with Gasteiger partial charge in [-0.25, -0.2) is 13.6 Å². The maximum Gasteiger partial charge on any atom is 0.385 e. The molecule has 0 aromatic rings. The highest BCUT2D eigenvalue weighted by atomic mass is 19.4. The molecule has 18 heteroatoms. The van der Waals surface area contributed by atoms with Crippen molar-refractivity contribution in [1.82, 2.24) is 0 Å². The smallest absolute Gasteiger partial charge is 0.385 e. The third-order valence-corrected chi connectivity index (χ3v) is 4.44. The van der Waals surface area contributed by atoms with Gasteiger partial charge in [-0.2, -0.15) is 61.5 Å². The van der Waals surface area contributed by atoms with Crippen molar-refractivity contribution >= 4 is 5.97 Å². The summed E-state index contributed by atoms with van der Waals surface area (Å²) in [6.07, 6.45) is -5.91. The van der Waals surface area contributed by atoms with Crippen LogP contribution in [0.15, 0.2) is 16.9 Å². The van der Waals surface area contributed by atoms with Gasteiger partial charge in [-0.05, 0) is 19.4 Å². The van der Waals surface area contributed by atoms with Gasteiger partial charge in [-0.1, -0.05) is 20.8 Å². The molecule has 0 fully saturated rings. The van der Waals surface area contributed by atoms with Crippen molar-refractivity contribution in [3.63, 3.8) is 0 Å². The number of esters is 1. The molecule has 0 amide bonds. The van der Waals surface area contributed by atoms with Crippen LogP contribution in [0, 0.1) is 5.41 Å². The molecule has 37 heavy (non-hydrogen) atoms. The van der Waals surface area contributed by atoms with Crippen LogP contribution in [-0.4, -0.2) is 60.5 Å². The molecule has 0 N–H and O–H groups in total. The zero-order chi connectivity index (χ0) is 30.4. The largest absolute Gasteiger partial charge is 0.455 e. The van der Waals surface area contributed by atoms with Gasteiger partial charge in [0.25, 0.3) is 0 Å². The minimum Gasteiger partial charge on any atom is -0.455 e. The lowest BCUT2D eigenvalue weighted by molar-refractivity contribution is -0.447. The fraction of sp³-hybridized carbons (Fsp3) is 0.789. The number of hydrogen-bond donors (Lipinski definition) is 0. The summed E-state index contributed by atoms with van der Waals surface area (Å²) >= 11 is 0. The van der Waals surface area contributed by atoms with Crippen molar-refractivity contribution < 1.29 is 79.8 Å². The van der Waals surface area contributed by atoms with E-state index < -0.39 is 71.4 Å². The van der Waals surface area contributed by atoms with E-state index in [0.29, 0.717) is 0 Å². The number of halogens is 16. The van der Waals surface area contributed by atoms with Crippen molar-refractivity contribution in [1.29, 1.82) is 0 Å². The van der Waals surface area contributed by atoms with Gasteiger partial charge < -0.3 is 4.74 Å². The van der Waals surface area contributed by atoms with Crippen LogP contribution in [0.4, 0.5) is 70.2 Å². The molecule has 0 aromatic carbocycles. The Labute approximate surface area is 198 Å². The predicted molar refractivity (Wildman–Crippen MR) is 92.9 cm³/mol. The van der Waals surface area contributed by atoms with E-state index in [9.17, 15) is 75.0 Å². The molecule has 0 saturated heterocycles. The number of alkyl halides is 16. The van der Waals surface area contributed by atoms with Crippen molar-refractivity contribution in [2.24, 2.45) is 5.41 Å². The van der Waals surface area contributed by atoms with E-state index in [2.05, 4.69) is 10.5 Å². The quantitative estimate of drug-likeness (QED) is 0.114. The van der Waals surface area contributed by atoms with Crippen LogP contribution in [-0.2, 0) is 9.53 Å². The van der Waals surface area contributed by atoms with Crippen LogP contribution in [0.1, 0.15) is 34.6 Å².